The van der Waals surface area contributed by atoms with E-state index in [4.69, 9.17) is 14.4 Å². The number of hydrogen-bond acceptors (Lipinski definition) is 7. The maximum atomic E-state index is 13.0. The van der Waals surface area contributed by atoms with E-state index in [1.54, 1.807) is 50.2 Å². The van der Waals surface area contributed by atoms with Crippen molar-refractivity contribution in [1.82, 2.24) is 5.32 Å². The number of nitrogens with one attached hydrogen (secondary N) is 1. The second kappa shape index (κ2) is 11.3. The molecule has 9 nitrogen and oxygen atoms in total. The number of amides is 1. The van der Waals surface area contributed by atoms with Gasteiger partial charge in [-0.25, -0.2) is 0 Å². The molecule has 0 aromatic heterocycles. The summed E-state index contributed by atoms with van der Waals surface area (Å²) in [6.07, 6.45) is -0.921. The van der Waals surface area contributed by atoms with Crippen molar-refractivity contribution >= 4 is 42.1 Å². The Balaban J connectivity index is 0.00000385. The van der Waals surface area contributed by atoms with Crippen molar-refractivity contribution in [2.24, 2.45) is 0 Å². The fourth-order valence-electron chi connectivity index (χ4n) is 3.48. The molecule has 0 spiro atoms. The molecule has 0 radical (unpaired) electrons. The number of carbonyl (C=O) groups is 2. The Hall–Kier alpha value is -0.820. The smallest absolute Gasteiger partial charge is 0.756 e. The van der Waals surface area contributed by atoms with E-state index in [1.165, 1.54) is 6.92 Å². The zero-order valence-corrected chi connectivity index (χ0v) is 23.6. The van der Waals surface area contributed by atoms with Crippen LogP contribution in [-0.2, 0) is 13.8 Å². The first-order valence-electron chi connectivity index (χ1n) is 9.58. The van der Waals surface area contributed by atoms with E-state index in [1.807, 2.05) is 6.07 Å². The van der Waals surface area contributed by atoms with Crippen molar-refractivity contribution in [3.63, 3.8) is 0 Å². The molecule has 172 valence electrons. The normalized spacial score (nSPS) is 20.4. The van der Waals surface area contributed by atoms with Gasteiger partial charge < -0.3 is 24.6 Å². The van der Waals surface area contributed by atoms with Crippen molar-refractivity contribution in [2.75, 3.05) is 6.79 Å². The molecule has 1 aliphatic rings. The van der Waals surface area contributed by atoms with Crippen LogP contribution in [0.15, 0.2) is 42.5 Å². The second-order valence-corrected chi connectivity index (χ2v) is 10.2. The average Bonchev–Trinajstić information content (AvgIpc) is 2.68. The van der Waals surface area contributed by atoms with Crippen LogP contribution in [0.5, 0.6) is 5.75 Å². The third kappa shape index (κ3) is 7.33. The van der Waals surface area contributed by atoms with Crippen LogP contribution in [0.4, 0.5) is 0 Å². The minimum Gasteiger partial charge on any atom is -0.756 e. The topological polar surface area (TPSA) is 134 Å². The number of ketones is 1. The van der Waals surface area contributed by atoms with Gasteiger partial charge in [0.1, 0.15) is 17.5 Å². The summed E-state index contributed by atoms with van der Waals surface area (Å²) in [4.78, 5) is 44.8. The summed E-state index contributed by atoms with van der Waals surface area (Å²) in [7, 11) is -5.01. The van der Waals surface area contributed by atoms with Gasteiger partial charge in [0, 0.05) is 20.3 Å². The van der Waals surface area contributed by atoms with Crippen LogP contribution in [0.25, 0.3) is 0 Å². The Kier molecular flexibility index (Phi) is 9.71. The zero-order valence-electron chi connectivity index (χ0n) is 18.5. The predicted octanol–water partition coefficient (Wildman–Crippen LogP) is -0.0401. The average molecular weight is 597 g/mol. The maximum absolute atomic E-state index is 13.0. The number of phosphoric ester groups is 1. The number of benzene rings is 2. The predicted molar refractivity (Wildman–Crippen MR) is 121 cm³/mol. The zero-order chi connectivity index (χ0) is 23.7. The number of fused-ring (bicyclic) bond motifs is 1. The molecule has 1 unspecified atom stereocenters. The molecule has 1 aliphatic heterocycles. The fourth-order valence-corrected chi connectivity index (χ4v) is 4.22. The summed E-state index contributed by atoms with van der Waals surface area (Å²) < 4.78 is 27.8. The first kappa shape index (κ1) is 28.4. The van der Waals surface area contributed by atoms with Gasteiger partial charge in [-0.05, 0) is 79.8 Å². The van der Waals surface area contributed by atoms with Gasteiger partial charge in [0.2, 0.25) is 0 Å². The molecule has 1 heterocycles. The number of carbonyl (C=O) groups excluding carboxylic acids is 2. The Morgan fingerprint density at radius 2 is 1.94 bits per heavy atom. The van der Waals surface area contributed by atoms with E-state index in [0.29, 0.717) is 22.4 Å². The molecular weight excluding hydrogens is 575 g/mol. The summed E-state index contributed by atoms with van der Waals surface area (Å²) in [6, 6.07) is 11.0. The van der Waals surface area contributed by atoms with E-state index in [-0.39, 0.29) is 35.3 Å². The molecule has 2 aromatic carbocycles. The molecule has 12 heteroatoms. The standard InChI is InChI=1S/C21H23INO8P.Na/c1-12(24)13-7-8-17-16(10-13)18(23-20(25)14-5-4-6-15(22)9-14)19(21(2,3)31-17)29-11-30-32(26,27)28;/h4-10,18-19H,11H2,1-3H3,(H,23,25)(H2,26,27,28);/q;+1/p-1/t18-,19+;/m0./s1. The van der Waals surface area contributed by atoms with Crippen LogP contribution >= 0.6 is 30.4 Å². The summed E-state index contributed by atoms with van der Waals surface area (Å²) in [6.45, 7) is 4.05. The summed E-state index contributed by atoms with van der Waals surface area (Å²) in [5.74, 6) is -0.115. The van der Waals surface area contributed by atoms with E-state index in [0.717, 1.165) is 3.57 Å². The van der Waals surface area contributed by atoms with Gasteiger partial charge >= 0.3 is 29.6 Å². The molecule has 2 N–H and O–H groups in total. The first-order chi connectivity index (χ1) is 14.9. The minimum atomic E-state index is -5.01. The van der Waals surface area contributed by atoms with Crippen molar-refractivity contribution in [2.45, 2.75) is 38.5 Å². The van der Waals surface area contributed by atoms with E-state index in [2.05, 4.69) is 32.4 Å². The van der Waals surface area contributed by atoms with Gasteiger partial charge in [0.05, 0.1) is 6.04 Å². The van der Waals surface area contributed by atoms with Gasteiger partial charge in [-0.2, -0.15) is 0 Å². The van der Waals surface area contributed by atoms with Crippen LogP contribution in [0.3, 0.4) is 0 Å². The monoisotopic (exact) mass is 597 g/mol. The first-order valence-corrected chi connectivity index (χ1v) is 12.1. The Bertz CT molecular complexity index is 1090. The molecule has 3 atom stereocenters. The third-order valence-corrected chi connectivity index (χ3v) is 6.05. The van der Waals surface area contributed by atoms with Gasteiger partial charge in [-0.15, -0.1) is 0 Å². The Morgan fingerprint density at radius 3 is 2.55 bits per heavy atom. The fraction of sp³-hybridized carbons (Fsp3) is 0.333. The van der Waals surface area contributed by atoms with Crippen LogP contribution in [0.2, 0.25) is 0 Å². The molecule has 3 rings (SSSR count). The summed E-state index contributed by atoms with van der Waals surface area (Å²) in [5, 5.41) is 2.91. The van der Waals surface area contributed by atoms with Crippen molar-refractivity contribution in [3.05, 3.63) is 62.7 Å². The van der Waals surface area contributed by atoms with Gasteiger partial charge in [0.15, 0.2) is 12.6 Å². The van der Waals surface area contributed by atoms with E-state index in [9.17, 15) is 19.0 Å². The van der Waals surface area contributed by atoms with Crippen molar-refractivity contribution in [1.29, 1.82) is 0 Å². The number of phosphoric acid groups is 1. The molecule has 0 aliphatic carbocycles. The quantitative estimate of drug-likeness (QED) is 0.149. The van der Waals surface area contributed by atoms with E-state index >= 15 is 0 Å². The van der Waals surface area contributed by atoms with Crippen molar-refractivity contribution in [3.8, 4) is 5.75 Å². The van der Waals surface area contributed by atoms with E-state index < -0.39 is 38.3 Å². The minimum absolute atomic E-state index is 0. The number of rotatable bonds is 7. The number of hydrogen-bond donors (Lipinski definition) is 2. The number of Topliss-reactive ketones (excluding diaryl/α,β-unsaturated/α-hetero) is 1. The molecule has 0 bridgehead atoms. The number of ether oxygens (including phenoxy) is 2. The van der Waals surface area contributed by atoms with Crippen LogP contribution in [-0.4, -0.2) is 35.1 Å². The van der Waals surface area contributed by atoms with Gasteiger partial charge in [0.25, 0.3) is 13.7 Å². The Morgan fingerprint density at radius 1 is 1.24 bits per heavy atom. The molecule has 1 amide bonds. The largest absolute Gasteiger partial charge is 1.00 e. The van der Waals surface area contributed by atoms with Crippen LogP contribution in [0, 0.1) is 3.57 Å². The van der Waals surface area contributed by atoms with Gasteiger partial charge in [-0.1, -0.05) is 6.07 Å². The molecular formula is C21H22INNaO8P. The molecule has 2 aromatic rings. The van der Waals surface area contributed by atoms with Gasteiger partial charge in [-0.3, -0.25) is 18.7 Å². The molecule has 0 saturated carbocycles. The summed E-state index contributed by atoms with van der Waals surface area (Å²) >= 11 is 2.10. The molecule has 33 heavy (non-hydrogen) atoms. The van der Waals surface area contributed by atoms with Crippen LogP contribution in [0.1, 0.15) is 53.1 Å². The second-order valence-electron chi connectivity index (χ2n) is 7.78. The Labute approximate surface area is 227 Å². The summed E-state index contributed by atoms with van der Waals surface area (Å²) in [5.41, 5.74) is 0.296. The number of halogens is 1. The SMILES string of the molecule is CC(=O)c1ccc2c(c1)[C@H](NC(=O)c1cccc(I)c1)[C@@H](OCOP(=O)([O-])O)C(C)(C)O2.[Na+]. The maximum Gasteiger partial charge on any atom is 1.00 e. The molecule has 0 saturated heterocycles. The van der Waals surface area contributed by atoms with Crippen molar-refractivity contribution < 1.29 is 67.5 Å². The van der Waals surface area contributed by atoms with Crippen LogP contribution < -0.4 is 44.5 Å². The molecule has 0 fully saturated rings. The third-order valence-electron chi connectivity index (χ3n) is 4.95.